The molecule has 0 spiro atoms. The van der Waals surface area contributed by atoms with Gasteiger partial charge in [-0.15, -0.1) is 0 Å². The first-order valence-corrected chi connectivity index (χ1v) is 9.54. The molecule has 2 aromatic rings. The van der Waals surface area contributed by atoms with Gasteiger partial charge in [0.15, 0.2) is 0 Å². The molecule has 1 amide bonds. The molecule has 0 aliphatic rings. The van der Waals surface area contributed by atoms with Gasteiger partial charge in [0.2, 0.25) is 0 Å². The topological polar surface area (TPSA) is 38.3 Å². The van der Waals surface area contributed by atoms with E-state index in [2.05, 4.69) is 5.32 Å². The first-order valence-electron chi connectivity index (χ1n) is 7.63. The van der Waals surface area contributed by atoms with E-state index in [0.717, 1.165) is 22.8 Å². The normalized spacial score (nSPS) is 10.5. The van der Waals surface area contributed by atoms with Gasteiger partial charge in [-0.2, -0.15) is 11.8 Å². The van der Waals surface area contributed by atoms with Gasteiger partial charge in [0.25, 0.3) is 5.91 Å². The van der Waals surface area contributed by atoms with E-state index in [1.165, 1.54) is 0 Å². The third kappa shape index (κ3) is 5.93. The minimum absolute atomic E-state index is 0.0804. The third-order valence-electron chi connectivity index (χ3n) is 3.23. The molecule has 0 radical (unpaired) electrons. The van der Waals surface area contributed by atoms with Crippen LogP contribution in [-0.4, -0.2) is 24.8 Å². The summed E-state index contributed by atoms with van der Waals surface area (Å²) in [5.74, 6) is 2.28. The number of halogens is 2. The molecular weight excluding hydrogens is 365 g/mol. The summed E-state index contributed by atoms with van der Waals surface area (Å²) in [5, 5.41) is 4.22. The zero-order valence-corrected chi connectivity index (χ0v) is 15.7. The molecule has 0 saturated heterocycles. The van der Waals surface area contributed by atoms with Crippen LogP contribution in [0.25, 0.3) is 0 Å². The number of thioether (sulfide) groups is 1. The summed E-state index contributed by atoms with van der Waals surface area (Å²) in [6, 6.07) is 12.6. The van der Waals surface area contributed by atoms with Gasteiger partial charge in [-0.1, -0.05) is 29.3 Å². The Morgan fingerprint density at radius 3 is 2.58 bits per heavy atom. The van der Waals surface area contributed by atoms with Gasteiger partial charge in [0.05, 0.1) is 6.61 Å². The van der Waals surface area contributed by atoms with Crippen molar-refractivity contribution in [2.75, 3.05) is 18.9 Å². The van der Waals surface area contributed by atoms with E-state index in [0.29, 0.717) is 28.8 Å². The van der Waals surface area contributed by atoms with Gasteiger partial charge in [-0.05, 0) is 48.9 Å². The number of rotatable bonds is 8. The average molecular weight is 384 g/mol. The maximum atomic E-state index is 12.0. The Morgan fingerprint density at radius 2 is 1.92 bits per heavy atom. The van der Waals surface area contributed by atoms with Gasteiger partial charge >= 0.3 is 0 Å². The van der Waals surface area contributed by atoms with Crippen LogP contribution < -0.4 is 10.1 Å². The molecule has 128 valence electrons. The fourth-order valence-corrected chi connectivity index (χ4v) is 3.45. The van der Waals surface area contributed by atoms with Crippen molar-refractivity contribution in [3.05, 3.63) is 63.6 Å². The van der Waals surface area contributed by atoms with Gasteiger partial charge in [-0.3, -0.25) is 4.79 Å². The molecule has 3 nitrogen and oxygen atoms in total. The molecular formula is C18H19Cl2NO2S. The number of hydrogen-bond donors (Lipinski definition) is 1. The minimum atomic E-state index is -0.0804. The van der Waals surface area contributed by atoms with Gasteiger partial charge < -0.3 is 10.1 Å². The van der Waals surface area contributed by atoms with Gasteiger partial charge in [0.1, 0.15) is 5.75 Å². The highest BCUT2D eigenvalue weighted by Crippen LogP contribution is 2.24. The molecule has 0 bridgehead atoms. The number of hydrogen-bond acceptors (Lipinski definition) is 3. The Morgan fingerprint density at radius 1 is 1.17 bits per heavy atom. The number of amides is 1. The maximum absolute atomic E-state index is 12.0. The summed E-state index contributed by atoms with van der Waals surface area (Å²) < 4.78 is 5.36. The SMILES string of the molecule is CCOc1ccc(C(=O)NCCSCc2ccc(Cl)cc2Cl)cc1. The third-order valence-corrected chi connectivity index (χ3v) is 4.83. The molecule has 0 unspecified atom stereocenters. The Bertz CT molecular complexity index is 677. The number of nitrogens with one attached hydrogen (secondary N) is 1. The predicted molar refractivity (Wildman–Crippen MR) is 103 cm³/mol. The Labute approximate surface area is 156 Å². The molecule has 0 atom stereocenters. The Kier molecular flexibility index (Phi) is 7.76. The highest BCUT2D eigenvalue weighted by atomic mass is 35.5. The zero-order chi connectivity index (χ0) is 17.4. The van der Waals surface area contributed by atoms with Crippen LogP contribution >= 0.6 is 35.0 Å². The molecule has 0 aliphatic carbocycles. The van der Waals surface area contributed by atoms with Crippen molar-refractivity contribution < 1.29 is 9.53 Å². The summed E-state index contributed by atoms with van der Waals surface area (Å²) in [6.45, 7) is 3.14. The largest absolute Gasteiger partial charge is 0.494 e. The van der Waals surface area contributed by atoms with Crippen LogP contribution in [0.1, 0.15) is 22.8 Å². The molecule has 2 rings (SSSR count). The van der Waals surface area contributed by atoms with Crippen LogP contribution in [0.4, 0.5) is 0 Å². The quantitative estimate of drug-likeness (QED) is 0.647. The highest BCUT2D eigenvalue weighted by Gasteiger charge is 2.05. The standard InChI is InChI=1S/C18H19Cl2NO2S/c1-2-23-16-7-4-13(5-8-16)18(22)21-9-10-24-12-14-3-6-15(19)11-17(14)20/h3-8,11H,2,9-10,12H2,1H3,(H,21,22). The van der Waals surface area contributed by atoms with Crippen molar-refractivity contribution in [3.63, 3.8) is 0 Å². The van der Waals surface area contributed by atoms with Crippen LogP contribution in [0.5, 0.6) is 5.75 Å². The van der Waals surface area contributed by atoms with Gasteiger partial charge in [-0.25, -0.2) is 0 Å². The maximum Gasteiger partial charge on any atom is 0.251 e. The summed E-state index contributed by atoms with van der Waals surface area (Å²) in [6.07, 6.45) is 0. The van der Waals surface area contributed by atoms with E-state index in [1.807, 2.05) is 19.1 Å². The van der Waals surface area contributed by atoms with E-state index in [9.17, 15) is 4.79 Å². The molecule has 2 aromatic carbocycles. The van der Waals surface area contributed by atoms with E-state index >= 15 is 0 Å². The monoisotopic (exact) mass is 383 g/mol. The Balaban J connectivity index is 1.70. The van der Waals surface area contributed by atoms with E-state index in [-0.39, 0.29) is 5.91 Å². The minimum Gasteiger partial charge on any atom is -0.494 e. The summed E-state index contributed by atoms with van der Waals surface area (Å²) in [5.41, 5.74) is 1.67. The molecule has 6 heteroatoms. The second-order valence-corrected chi connectivity index (χ2v) is 6.95. The Hall–Kier alpha value is -1.36. The smallest absolute Gasteiger partial charge is 0.251 e. The molecule has 1 N–H and O–H groups in total. The second-order valence-electron chi connectivity index (χ2n) is 5.00. The van der Waals surface area contributed by atoms with Crippen molar-refractivity contribution in [2.24, 2.45) is 0 Å². The van der Waals surface area contributed by atoms with Crippen LogP contribution in [0.15, 0.2) is 42.5 Å². The number of carbonyl (C=O) groups excluding carboxylic acids is 1. The van der Waals surface area contributed by atoms with E-state index < -0.39 is 0 Å². The number of carbonyl (C=O) groups is 1. The highest BCUT2D eigenvalue weighted by molar-refractivity contribution is 7.98. The van der Waals surface area contributed by atoms with Crippen LogP contribution in [0, 0.1) is 0 Å². The lowest BCUT2D eigenvalue weighted by Crippen LogP contribution is -2.25. The van der Waals surface area contributed by atoms with Crippen LogP contribution in [-0.2, 0) is 5.75 Å². The zero-order valence-electron chi connectivity index (χ0n) is 13.4. The summed E-state index contributed by atoms with van der Waals surface area (Å²) in [4.78, 5) is 12.0. The predicted octanol–water partition coefficient (Wildman–Crippen LogP) is 5.06. The van der Waals surface area contributed by atoms with E-state index in [1.54, 1.807) is 42.1 Å². The van der Waals surface area contributed by atoms with Crippen LogP contribution in [0.2, 0.25) is 10.0 Å². The molecule has 0 fully saturated rings. The van der Waals surface area contributed by atoms with Gasteiger partial charge in [0, 0.05) is 33.7 Å². The van der Waals surface area contributed by atoms with Crippen molar-refractivity contribution >= 4 is 40.9 Å². The van der Waals surface area contributed by atoms with Crippen molar-refractivity contribution in [2.45, 2.75) is 12.7 Å². The van der Waals surface area contributed by atoms with Crippen molar-refractivity contribution in [1.82, 2.24) is 5.32 Å². The fraction of sp³-hybridized carbons (Fsp3) is 0.278. The fourth-order valence-electron chi connectivity index (χ4n) is 2.03. The summed E-state index contributed by atoms with van der Waals surface area (Å²) in [7, 11) is 0. The van der Waals surface area contributed by atoms with E-state index in [4.69, 9.17) is 27.9 Å². The molecule has 0 heterocycles. The molecule has 0 aromatic heterocycles. The first-order chi connectivity index (χ1) is 11.6. The number of benzene rings is 2. The van der Waals surface area contributed by atoms with Crippen molar-refractivity contribution in [1.29, 1.82) is 0 Å². The lowest BCUT2D eigenvalue weighted by molar-refractivity contribution is 0.0956. The number of ether oxygens (including phenoxy) is 1. The molecule has 0 saturated carbocycles. The van der Waals surface area contributed by atoms with Crippen LogP contribution in [0.3, 0.4) is 0 Å². The second kappa shape index (κ2) is 9.82. The van der Waals surface area contributed by atoms with Crippen molar-refractivity contribution in [3.8, 4) is 5.75 Å². The lowest BCUT2D eigenvalue weighted by atomic mass is 10.2. The lowest BCUT2D eigenvalue weighted by Gasteiger charge is -2.07. The molecule has 24 heavy (non-hydrogen) atoms. The summed E-state index contributed by atoms with van der Waals surface area (Å²) >= 11 is 13.7. The molecule has 0 aliphatic heterocycles. The average Bonchev–Trinajstić information content (AvgIpc) is 2.57. The first kappa shape index (κ1) is 19.0.